The lowest BCUT2D eigenvalue weighted by molar-refractivity contribution is 0.763. The fraction of sp³-hybridized carbons (Fsp3) is 0.357. The Morgan fingerprint density at radius 2 is 2.11 bits per heavy atom. The Morgan fingerprint density at radius 1 is 1.28 bits per heavy atom. The maximum atomic E-state index is 4.25. The van der Waals surface area contributed by atoms with Gasteiger partial charge in [-0.1, -0.05) is 13.0 Å². The number of aromatic nitrogens is 1. The van der Waals surface area contributed by atoms with E-state index in [2.05, 4.69) is 53.0 Å². The molecule has 0 aliphatic rings. The summed E-state index contributed by atoms with van der Waals surface area (Å²) >= 11 is 1.79. The van der Waals surface area contributed by atoms with Gasteiger partial charge in [0.25, 0.3) is 0 Å². The number of pyridine rings is 1. The fourth-order valence-corrected chi connectivity index (χ4v) is 2.75. The van der Waals surface area contributed by atoms with E-state index in [0.29, 0.717) is 6.04 Å². The van der Waals surface area contributed by atoms with Gasteiger partial charge in [-0.15, -0.1) is 11.3 Å². The van der Waals surface area contributed by atoms with Gasteiger partial charge >= 0.3 is 0 Å². The highest BCUT2D eigenvalue weighted by Gasteiger charge is 2.10. The summed E-state index contributed by atoms with van der Waals surface area (Å²) in [6.45, 7) is 5.19. The number of rotatable bonds is 6. The summed E-state index contributed by atoms with van der Waals surface area (Å²) in [5.74, 6) is 0. The van der Waals surface area contributed by atoms with E-state index in [9.17, 15) is 0 Å². The van der Waals surface area contributed by atoms with Crippen molar-refractivity contribution < 1.29 is 0 Å². The Balaban J connectivity index is 2.09. The summed E-state index contributed by atoms with van der Waals surface area (Å²) in [5, 5.41) is 8.93. The van der Waals surface area contributed by atoms with Crippen LogP contribution in [0, 0.1) is 0 Å². The van der Waals surface area contributed by atoms with Crippen molar-refractivity contribution in [3.8, 4) is 0 Å². The van der Waals surface area contributed by atoms with Crippen molar-refractivity contribution in [2.75, 3.05) is 17.2 Å². The molecule has 0 aliphatic heterocycles. The SMILES string of the molecule is CCNc1cncc(NC(CC)c2cccs2)c1. The molecule has 0 spiro atoms. The smallest absolute Gasteiger partial charge is 0.0604 e. The van der Waals surface area contributed by atoms with Crippen LogP contribution in [0.2, 0.25) is 0 Å². The van der Waals surface area contributed by atoms with Gasteiger partial charge in [0.15, 0.2) is 0 Å². The van der Waals surface area contributed by atoms with E-state index >= 15 is 0 Å². The van der Waals surface area contributed by atoms with E-state index in [1.165, 1.54) is 4.88 Å². The molecular weight excluding hydrogens is 242 g/mol. The van der Waals surface area contributed by atoms with Gasteiger partial charge in [0.1, 0.15) is 0 Å². The predicted octanol–water partition coefficient (Wildman–Crippen LogP) is 4.14. The Bertz CT molecular complexity index is 468. The van der Waals surface area contributed by atoms with E-state index in [4.69, 9.17) is 0 Å². The lowest BCUT2D eigenvalue weighted by Crippen LogP contribution is -2.08. The van der Waals surface area contributed by atoms with Gasteiger partial charge in [0.05, 0.1) is 29.8 Å². The van der Waals surface area contributed by atoms with Crippen LogP contribution >= 0.6 is 11.3 Å². The fourth-order valence-electron chi connectivity index (χ4n) is 1.88. The molecule has 2 N–H and O–H groups in total. The average Bonchev–Trinajstić information content (AvgIpc) is 2.90. The highest BCUT2D eigenvalue weighted by Crippen LogP contribution is 2.26. The number of thiophene rings is 1. The molecule has 0 aromatic carbocycles. The number of nitrogens with one attached hydrogen (secondary N) is 2. The summed E-state index contributed by atoms with van der Waals surface area (Å²) in [6, 6.07) is 6.74. The van der Waals surface area contributed by atoms with E-state index in [-0.39, 0.29) is 0 Å². The molecule has 0 aliphatic carbocycles. The van der Waals surface area contributed by atoms with Crippen molar-refractivity contribution >= 4 is 22.7 Å². The molecule has 2 aromatic heterocycles. The molecule has 0 radical (unpaired) electrons. The van der Waals surface area contributed by atoms with Crippen LogP contribution < -0.4 is 10.6 Å². The molecule has 0 bridgehead atoms. The van der Waals surface area contributed by atoms with Crippen LogP contribution in [0.1, 0.15) is 31.2 Å². The van der Waals surface area contributed by atoms with Crippen molar-refractivity contribution in [2.24, 2.45) is 0 Å². The Morgan fingerprint density at radius 3 is 2.78 bits per heavy atom. The van der Waals surface area contributed by atoms with Crippen LogP contribution in [0.4, 0.5) is 11.4 Å². The Kier molecular flexibility index (Phi) is 4.59. The minimum absolute atomic E-state index is 0.365. The summed E-state index contributed by atoms with van der Waals surface area (Å²) in [7, 11) is 0. The summed E-state index contributed by atoms with van der Waals surface area (Å²) in [5.41, 5.74) is 2.12. The van der Waals surface area contributed by atoms with Crippen LogP contribution in [-0.4, -0.2) is 11.5 Å². The van der Waals surface area contributed by atoms with Crippen LogP contribution in [0.25, 0.3) is 0 Å². The normalized spacial score (nSPS) is 12.1. The third kappa shape index (κ3) is 3.23. The molecular formula is C14H19N3S. The molecule has 0 saturated heterocycles. The van der Waals surface area contributed by atoms with Crippen LogP contribution in [0.15, 0.2) is 36.0 Å². The number of nitrogens with zero attached hydrogens (tertiary/aromatic N) is 1. The van der Waals surface area contributed by atoms with E-state index in [0.717, 1.165) is 24.3 Å². The zero-order valence-corrected chi connectivity index (χ0v) is 11.6. The first-order valence-electron chi connectivity index (χ1n) is 6.32. The number of hydrogen-bond acceptors (Lipinski definition) is 4. The van der Waals surface area contributed by atoms with Gasteiger partial charge in [-0.25, -0.2) is 0 Å². The van der Waals surface area contributed by atoms with Crippen LogP contribution in [-0.2, 0) is 0 Å². The molecule has 0 amide bonds. The highest BCUT2D eigenvalue weighted by molar-refractivity contribution is 7.10. The molecule has 4 heteroatoms. The zero-order chi connectivity index (χ0) is 12.8. The quantitative estimate of drug-likeness (QED) is 0.820. The Hall–Kier alpha value is -1.55. The number of anilines is 2. The molecule has 2 rings (SSSR count). The largest absolute Gasteiger partial charge is 0.384 e. The zero-order valence-electron chi connectivity index (χ0n) is 10.8. The molecule has 3 nitrogen and oxygen atoms in total. The van der Waals surface area contributed by atoms with E-state index in [1.807, 2.05) is 12.4 Å². The van der Waals surface area contributed by atoms with Gasteiger partial charge in [-0.05, 0) is 30.9 Å². The monoisotopic (exact) mass is 261 g/mol. The molecule has 96 valence electrons. The molecule has 2 heterocycles. The van der Waals surface area contributed by atoms with E-state index < -0.39 is 0 Å². The van der Waals surface area contributed by atoms with Crippen LogP contribution in [0.5, 0.6) is 0 Å². The predicted molar refractivity (Wildman–Crippen MR) is 79.4 cm³/mol. The van der Waals surface area contributed by atoms with E-state index in [1.54, 1.807) is 11.3 Å². The van der Waals surface area contributed by atoms with Crippen molar-refractivity contribution in [3.63, 3.8) is 0 Å². The summed E-state index contributed by atoms with van der Waals surface area (Å²) in [4.78, 5) is 5.62. The average molecular weight is 261 g/mol. The second-order valence-corrected chi connectivity index (χ2v) is 5.09. The van der Waals surface area contributed by atoms with Crippen LogP contribution in [0.3, 0.4) is 0 Å². The molecule has 0 saturated carbocycles. The second kappa shape index (κ2) is 6.40. The lowest BCUT2D eigenvalue weighted by atomic mass is 10.2. The summed E-state index contributed by atoms with van der Waals surface area (Å²) in [6.07, 6.45) is 4.78. The maximum absolute atomic E-state index is 4.25. The van der Waals surface area contributed by atoms with Gasteiger partial charge in [0.2, 0.25) is 0 Å². The molecule has 0 fully saturated rings. The minimum Gasteiger partial charge on any atom is -0.384 e. The molecule has 1 atom stereocenters. The van der Waals surface area contributed by atoms with Crippen molar-refractivity contribution in [3.05, 3.63) is 40.8 Å². The highest BCUT2D eigenvalue weighted by atomic mass is 32.1. The van der Waals surface area contributed by atoms with Gasteiger partial charge in [-0.3, -0.25) is 4.98 Å². The van der Waals surface area contributed by atoms with Crippen molar-refractivity contribution in [1.82, 2.24) is 4.98 Å². The molecule has 1 unspecified atom stereocenters. The number of hydrogen-bond donors (Lipinski definition) is 2. The first kappa shape index (κ1) is 12.9. The van der Waals surface area contributed by atoms with Gasteiger partial charge < -0.3 is 10.6 Å². The molecule has 18 heavy (non-hydrogen) atoms. The maximum Gasteiger partial charge on any atom is 0.0604 e. The minimum atomic E-state index is 0.365. The second-order valence-electron chi connectivity index (χ2n) is 4.11. The first-order valence-corrected chi connectivity index (χ1v) is 7.20. The summed E-state index contributed by atoms with van der Waals surface area (Å²) < 4.78 is 0. The Labute approximate surface area is 112 Å². The first-order chi connectivity index (χ1) is 8.83. The van der Waals surface area contributed by atoms with Crippen molar-refractivity contribution in [1.29, 1.82) is 0 Å². The van der Waals surface area contributed by atoms with Gasteiger partial charge in [0, 0.05) is 11.4 Å². The van der Waals surface area contributed by atoms with Crippen molar-refractivity contribution in [2.45, 2.75) is 26.3 Å². The molecule has 2 aromatic rings. The lowest BCUT2D eigenvalue weighted by Gasteiger charge is -2.17. The van der Waals surface area contributed by atoms with Gasteiger partial charge in [-0.2, -0.15) is 0 Å². The topological polar surface area (TPSA) is 37.0 Å². The standard InChI is InChI=1S/C14H19N3S/c1-3-13(14-6-5-7-18-14)17-12-8-11(16-4-2)9-15-10-12/h5-10,13,16-17H,3-4H2,1-2H3. The third-order valence-corrected chi connectivity index (χ3v) is 3.74. The third-order valence-electron chi connectivity index (χ3n) is 2.75.